The lowest BCUT2D eigenvalue weighted by Crippen LogP contribution is -2.11. The number of nitrogens with zero attached hydrogens (tertiary/aromatic N) is 3. The van der Waals surface area contributed by atoms with Gasteiger partial charge in [-0.1, -0.05) is 36.4 Å². The molecule has 0 bridgehead atoms. The number of benzene rings is 2. The predicted molar refractivity (Wildman–Crippen MR) is 108 cm³/mol. The van der Waals surface area contributed by atoms with Crippen LogP contribution < -0.4 is 11.1 Å². The van der Waals surface area contributed by atoms with Gasteiger partial charge in [0, 0.05) is 17.8 Å². The quantitative estimate of drug-likeness (QED) is 0.500. The Balaban J connectivity index is 1.77. The molecule has 0 aliphatic carbocycles. The van der Waals surface area contributed by atoms with Gasteiger partial charge in [-0.3, -0.25) is 9.59 Å². The summed E-state index contributed by atoms with van der Waals surface area (Å²) in [5.74, 6) is 0. The maximum absolute atomic E-state index is 12.1. The second-order valence-electron chi connectivity index (χ2n) is 6.56. The molecule has 2 N–H and O–H groups in total. The molecule has 0 aliphatic rings. The summed E-state index contributed by atoms with van der Waals surface area (Å²) < 4.78 is 1.96. The summed E-state index contributed by atoms with van der Waals surface area (Å²) in [5.41, 5.74) is 2.58. The number of H-pyrrole nitrogens is 2. The van der Waals surface area contributed by atoms with E-state index < -0.39 is 0 Å². The summed E-state index contributed by atoms with van der Waals surface area (Å²) in [4.78, 5) is 24.2. The van der Waals surface area contributed by atoms with E-state index in [2.05, 4.69) is 20.4 Å². The molecule has 7 nitrogen and oxygen atoms in total. The van der Waals surface area contributed by atoms with Crippen molar-refractivity contribution in [2.45, 2.75) is 0 Å². The van der Waals surface area contributed by atoms with Crippen molar-refractivity contribution in [1.82, 2.24) is 25.0 Å². The molecule has 0 atom stereocenters. The Labute approximate surface area is 158 Å². The van der Waals surface area contributed by atoms with E-state index in [4.69, 9.17) is 0 Å². The van der Waals surface area contributed by atoms with E-state index in [0.29, 0.717) is 22.2 Å². The number of rotatable bonds is 2. The lowest BCUT2D eigenvalue weighted by Gasteiger charge is -2.10. The van der Waals surface area contributed by atoms with Crippen LogP contribution in [0.1, 0.15) is 0 Å². The van der Waals surface area contributed by atoms with Crippen molar-refractivity contribution in [3.8, 4) is 22.8 Å². The molecule has 2 aromatic carbocycles. The SMILES string of the molecule is Cn1c(-c2n[nH]c(=O)c3ccccc23)ccc1-c1n[nH]c(=O)c2ccccc12. The van der Waals surface area contributed by atoms with E-state index in [1.807, 2.05) is 60.1 Å². The average molecular weight is 369 g/mol. The van der Waals surface area contributed by atoms with Crippen LogP contribution in [0.15, 0.2) is 70.3 Å². The lowest BCUT2D eigenvalue weighted by atomic mass is 10.1. The van der Waals surface area contributed by atoms with Crippen molar-refractivity contribution in [1.29, 1.82) is 0 Å². The van der Waals surface area contributed by atoms with E-state index >= 15 is 0 Å². The van der Waals surface area contributed by atoms with Crippen LogP contribution >= 0.6 is 0 Å². The minimum Gasteiger partial charge on any atom is -0.341 e. The molecule has 136 valence electrons. The van der Waals surface area contributed by atoms with Crippen molar-refractivity contribution < 1.29 is 0 Å². The van der Waals surface area contributed by atoms with Crippen LogP contribution in [0.3, 0.4) is 0 Å². The Morgan fingerprint density at radius 3 is 1.46 bits per heavy atom. The summed E-state index contributed by atoms with van der Waals surface area (Å²) in [6, 6.07) is 18.6. The fourth-order valence-corrected chi connectivity index (χ4v) is 3.61. The first-order chi connectivity index (χ1) is 13.6. The van der Waals surface area contributed by atoms with E-state index in [1.165, 1.54) is 0 Å². The monoisotopic (exact) mass is 369 g/mol. The molecule has 0 amide bonds. The average Bonchev–Trinajstić information content (AvgIpc) is 3.10. The Morgan fingerprint density at radius 1 is 0.643 bits per heavy atom. The van der Waals surface area contributed by atoms with Crippen molar-refractivity contribution in [3.63, 3.8) is 0 Å². The number of fused-ring (bicyclic) bond motifs is 2. The van der Waals surface area contributed by atoms with Gasteiger partial charge in [0.1, 0.15) is 11.4 Å². The van der Waals surface area contributed by atoms with Gasteiger partial charge in [0.15, 0.2) is 0 Å². The van der Waals surface area contributed by atoms with E-state index in [-0.39, 0.29) is 11.1 Å². The number of hydrogen-bond donors (Lipinski definition) is 2. The van der Waals surface area contributed by atoms with E-state index in [9.17, 15) is 9.59 Å². The maximum atomic E-state index is 12.1. The predicted octanol–water partition coefficient (Wildman–Crippen LogP) is 2.83. The maximum Gasteiger partial charge on any atom is 0.272 e. The molecule has 0 radical (unpaired) electrons. The van der Waals surface area contributed by atoms with Crippen molar-refractivity contribution >= 4 is 21.5 Å². The van der Waals surface area contributed by atoms with Gasteiger partial charge in [-0.25, -0.2) is 10.2 Å². The van der Waals surface area contributed by atoms with Gasteiger partial charge in [0.25, 0.3) is 11.1 Å². The van der Waals surface area contributed by atoms with E-state index in [1.54, 1.807) is 12.1 Å². The zero-order valence-corrected chi connectivity index (χ0v) is 14.9. The van der Waals surface area contributed by atoms with Gasteiger partial charge in [0.05, 0.1) is 22.2 Å². The number of nitrogens with one attached hydrogen (secondary N) is 2. The second-order valence-corrected chi connectivity index (χ2v) is 6.56. The smallest absolute Gasteiger partial charge is 0.272 e. The summed E-state index contributed by atoms with van der Waals surface area (Å²) in [5, 5.41) is 16.4. The van der Waals surface area contributed by atoms with Crippen LogP contribution in [0.2, 0.25) is 0 Å². The Hall–Kier alpha value is -4.00. The number of aromatic nitrogens is 5. The van der Waals surface area contributed by atoms with Crippen LogP contribution in [0.25, 0.3) is 44.3 Å². The highest BCUT2D eigenvalue weighted by molar-refractivity contribution is 5.96. The van der Waals surface area contributed by atoms with Crippen LogP contribution in [-0.2, 0) is 7.05 Å². The molecule has 3 aromatic heterocycles. The third-order valence-electron chi connectivity index (χ3n) is 5.00. The van der Waals surface area contributed by atoms with Crippen molar-refractivity contribution in [2.24, 2.45) is 7.05 Å². The van der Waals surface area contributed by atoms with E-state index in [0.717, 1.165) is 22.2 Å². The first-order valence-electron chi connectivity index (χ1n) is 8.76. The number of hydrogen-bond acceptors (Lipinski definition) is 4. The van der Waals surface area contributed by atoms with Crippen LogP contribution in [0.5, 0.6) is 0 Å². The summed E-state index contributed by atoms with van der Waals surface area (Å²) in [6.45, 7) is 0. The topological polar surface area (TPSA) is 96.4 Å². The highest BCUT2D eigenvalue weighted by Gasteiger charge is 2.17. The van der Waals surface area contributed by atoms with Gasteiger partial charge in [-0.2, -0.15) is 10.2 Å². The van der Waals surface area contributed by atoms with Gasteiger partial charge in [-0.15, -0.1) is 0 Å². The first-order valence-corrected chi connectivity index (χ1v) is 8.76. The van der Waals surface area contributed by atoms with Crippen LogP contribution in [-0.4, -0.2) is 25.0 Å². The molecule has 0 fully saturated rings. The second kappa shape index (κ2) is 6.02. The lowest BCUT2D eigenvalue weighted by molar-refractivity contribution is 0.910. The largest absolute Gasteiger partial charge is 0.341 e. The third kappa shape index (κ3) is 2.30. The highest BCUT2D eigenvalue weighted by atomic mass is 16.1. The Kier molecular flexibility index (Phi) is 3.48. The molecule has 0 unspecified atom stereocenters. The fraction of sp³-hybridized carbons (Fsp3) is 0.0476. The molecule has 0 saturated heterocycles. The summed E-state index contributed by atoms with van der Waals surface area (Å²) in [6.07, 6.45) is 0. The van der Waals surface area contributed by atoms with Gasteiger partial charge < -0.3 is 4.57 Å². The van der Waals surface area contributed by atoms with Crippen molar-refractivity contribution in [3.05, 3.63) is 81.4 Å². The minimum absolute atomic E-state index is 0.220. The fourth-order valence-electron chi connectivity index (χ4n) is 3.61. The molecule has 0 saturated carbocycles. The molecule has 0 aliphatic heterocycles. The van der Waals surface area contributed by atoms with Crippen molar-refractivity contribution in [2.75, 3.05) is 0 Å². The molecule has 3 heterocycles. The molecule has 7 heteroatoms. The molecular formula is C21H15N5O2. The number of aromatic amines is 2. The molecule has 0 spiro atoms. The summed E-state index contributed by atoms with van der Waals surface area (Å²) in [7, 11) is 1.91. The molecule has 5 rings (SSSR count). The highest BCUT2D eigenvalue weighted by Crippen LogP contribution is 2.31. The van der Waals surface area contributed by atoms with Crippen LogP contribution in [0, 0.1) is 0 Å². The van der Waals surface area contributed by atoms with Gasteiger partial charge in [0.2, 0.25) is 0 Å². The zero-order chi connectivity index (χ0) is 19.3. The summed E-state index contributed by atoms with van der Waals surface area (Å²) >= 11 is 0. The minimum atomic E-state index is -0.220. The Morgan fingerprint density at radius 2 is 1.04 bits per heavy atom. The normalized spacial score (nSPS) is 11.3. The zero-order valence-electron chi connectivity index (χ0n) is 14.9. The molecule has 28 heavy (non-hydrogen) atoms. The van der Waals surface area contributed by atoms with Gasteiger partial charge >= 0.3 is 0 Å². The standard InChI is InChI=1S/C21H15N5O2/c1-26-16(18-12-6-2-4-8-14(12)20(27)24-22-18)10-11-17(26)19-13-7-3-5-9-15(13)21(28)25-23-19/h2-11H,1H3,(H,24,27)(H,25,28). The molecular weight excluding hydrogens is 354 g/mol. The third-order valence-corrected chi connectivity index (χ3v) is 5.00. The Bertz CT molecular complexity index is 1370. The van der Waals surface area contributed by atoms with Gasteiger partial charge in [-0.05, 0) is 24.3 Å². The molecule has 5 aromatic rings. The van der Waals surface area contributed by atoms with Crippen LogP contribution in [0.4, 0.5) is 0 Å². The first kappa shape index (κ1) is 16.2.